The van der Waals surface area contributed by atoms with Crippen LogP contribution in [0.25, 0.3) is 0 Å². The van der Waals surface area contributed by atoms with E-state index >= 15 is 0 Å². The quantitative estimate of drug-likeness (QED) is 0.836. The number of hydrogen-bond donors (Lipinski definition) is 0. The van der Waals surface area contributed by atoms with Crippen molar-refractivity contribution in [3.05, 3.63) is 18.2 Å². The number of rotatable bonds is 2. The average molecular weight is 296 g/mol. The van der Waals surface area contributed by atoms with Gasteiger partial charge in [-0.3, -0.25) is 0 Å². The minimum atomic E-state index is -0.499. The lowest BCUT2D eigenvalue weighted by molar-refractivity contribution is 0.0292. The van der Waals surface area contributed by atoms with Crippen molar-refractivity contribution in [1.29, 1.82) is 0 Å². The summed E-state index contributed by atoms with van der Waals surface area (Å²) in [7, 11) is 1.84. The standard InChI is InChI=1S/C14H21FN4O2/c1-14(2,3)21-13(20)19-6-5-11(9-19)18(4)12-16-7-10(15)8-17-12/h7-8,11H,5-6,9H2,1-4H3. The summed E-state index contributed by atoms with van der Waals surface area (Å²) in [5.74, 6) is -0.0126. The maximum Gasteiger partial charge on any atom is 0.410 e. The molecule has 1 saturated heterocycles. The van der Waals surface area contributed by atoms with E-state index in [1.807, 2.05) is 32.7 Å². The Morgan fingerprint density at radius 3 is 2.62 bits per heavy atom. The molecule has 1 fully saturated rings. The second-order valence-electron chi connectivity index (χ2n) is 6.18. The summed E-state index contributed by atoms with van der Waals surface area (Å²) in [6, 6.07) is 0.1000. The summed E-state index contributed by atoms with van der Waals surface area (Å²) < 4.78 is 18.2. The third kappa shape index (κ3) is 4.03. The zero-order valence-corrected chi connectivity index (χ0v) is 12.8. The van der Waals surface area contributed by atoms with Crippen LogP contribution >= 0.6 is 0 Å². The van der Waals surface area contributed by atoms with E-state index in [9.17, 15) is 9.18 Å². The summed E-state index contributed by atoms with van der Waals surface area (Å²) in [4.78, 5) is 23.5. The largest absolute Gasteiger partial charge is 0.444 e. The Kier molecular flexibility index (Phi) is 4.29. The number of aromatic nitrogens is 2. The first kappa shape index (κ1) is 15.5. The van der Waals surface area contributed by atoms with Gasteiger partial charge in [0, 0.05) is 20.1 Å². The summed E-state index contributed by atoms with van der Waals surface area (Å²) in [6.45, 7) is 6.71. The number of amides is 1. The van der Waals surface area contributed by atoms with Gasteiger partial charge in [0.15, 0.2) is 5.82 Å². The molecule has 1 atom stereocenters. The molecule has 116 valence electrons. The van der Waals surface area contributed by atoms with Gasteiger partial charge >= 0.3 is 6.09 Å². The molecule has 0 aliphatic carbocycles. The Labute approximate surface area is 123 Å². The van der Waals surface area contributed by atoms with Crippen LogP contribution in [0.4, 0.5) is 15.1 Å². The summed E-state index contributed by atoms with van der Waals surface area (Å²) in [5, 5.41) is 0. The van der Waals surface area contributed by atoms with E-state index < -0.39 is 11.4 Å². The van der Waals surface area contributed by atoms with Gasteiger partial charge in [-0.2, -0.15) is 0 Å². The van der Waals surface area contributed by atoms with Crippen molar-refractivity contribution in [2.75, 3.05) is 25.0 Å². The molecule has 0 radical (unpaired) electrons. The molecule has 1 aliphatic heterocycles. The van der Waals surface area contributed by atoms with E-state index in [0.29, 0.717) is 19.0 Å². The maximum absolute atomic E-state index is 12.8. The molecule has 1 unspecified atom stereocenters. The normalized spacial score (nSPS) is 18.7. The van der Waals surface area contributed by atoms with Crippen molar-refractivity contribution in [3.8, 4) is 0 Å². The molecule has 1 aromatic heterocycles. The second kappa shape index (κ2) is 5.83. The smallest absolute Gasteiger partial charge is 0.410 e. The molecule has 6 nitrogen and oxygen atoms in total. The number of nitrogens with zero attached hydrogens (tertiary/aromatic N) is 4. The van der Waals surface area contributed by atoms with Crippen molar-refractivity contribution < 1.29 is 13.9 Å². The first-order valence-electron chi connectivity index (χ1n) is 6.94. The summed E-state index contributed by atoms with van der Waals surface area (Å²) in [5.41, 5.74) is -0.499. The lowest BCUT2D eigenvalue weighted by Crippen LogP contribution is -2.39. The van der Waals surface area contributed by atoms with Gasteiger partial charge in [-0.25, -0.2) is 19.2 Å². The fourth-order valence-corrected chi connectivity index (χ4v) is 2.20. The number of anilines is 1. The number of halogens is 1. The van der Waals surface area contributed by atoms with Crippen LogP contribution in [0.5, 0.6) is 0 Å². The van der Waals surface area contributed by atoms with Gasteiger partial charge < -0.3 is 14.5 Å². The van der Waals surface area contributed by atoms with Crippen LogP contribution < -0.4 is 4.90 Å². The topological polar surface area (TPSA) is 58.6 Å². The highest BCUT2D eigenvalue weighted by atomic mass is 19.1. The van der Waals surface area contributed by atoms with Gasteiger partial charge in [0.1, 0.15) is 5.60 Å². The third-order valence-corrected chi connectivity index (χ3v) is 3.28. The Hall–Kier alpha value is -1.92. The van der Waals surface area contributed by atoms with Gasteiger partial charge in [-0.15, -0.1) is 0 Å². The molecule has 0 N–H and O–H groups in total. The number of likely N-dealkylation sites (tertiary alicyclic amines) is 1. The van der Waals surface area contributed by atoms with E-state index in [1.165, 1.54) is 0 Å². The molecular weight excluding hydrogens is 275 g/mol. The first-order valence-corrected chi connectivity index (χ1v) is 6.94. The van der Waals surface area contributed by atoms with Crippen LogP contribution in [-0.4, -0.2) is 52.7 Å². The number of carbonyl (C=O) groups is 1. The highest BCUT2D eigenvalue weighted by Crippen LogP contribution is 2.20. The highest BCUT2D eigenvalue weighted by molar-refractivity contribution is 5.68. The molecular formula is C14H21FN4O2. The second-order valence-corrected chi connectivity index (χ2v) is 6.18. The van der Waals surface area contributed by atoms with Crippen LogP contribution in [0.1, 0.15) is 27.2 Å². The Bertz CT molecular complexity index is 501. The molecule has 7 heteroatoms. The van der Waals surface area contributed by atoms with Crippen molar-refractivity contribution in [3.63, 3.8) is 0 Å². The highest BCUT2D eigenvalue weighted by Gasteiger charge is 2.32. The minimum Gasteiger partial charge on any atom is -0.444 e. The average Bonchev–Trinajstić information content (AvgIpc) is 2.86. The molecule has 0 aromatic carbocycles. The van der Waals surface area contributed by atoms with Crippen LogP contribution in [-0.2, 0) is 4.74 Å². The van der Waals surface area contributed by atoms with E-state index in [1.54, 1.807) is 4.90 Å². The van der Waals surface area contributed by atoms with Crippen LogP contribution in [0.15, 0.2) is 12.4 Å². The molecule has 0 saturated carbocycles. The van der Waals surface area contributed by atoms with Crippen LogP contribution in [0.2, 0.25) is 0 Å². The minimum absolute atomic E-state index is 0.1000. The van der Waals surface area contributed by atoms with E-state index in [4.69, 9.17) is 4.74 Å². The SMILES string of the molecule is CN(c1ncc(F)cn1)C1CCN(C(=O)OC(C)(C)C)C1. The monoisotopic (exact) mass is 296 g/mol. The Morgan fingerprint density at radius 2 is 2.05 bits per heavy atom. The fraction of sp³-hybridized carbons (Fsp3) is 0.643. The Morgan fingerprint density at radius 1 is 1.43 bits per heavy atom. The van der Waals surface area contributed by atoms with E-state index in [-0.39, 0.29) is 12.1 Å². The lowest BCUT2D eigenvalue weighted by atomic mass is 10.2. The van der Waals surface area contributed by atoms with E-state index in [0.717, 1.165) is 18.8 Å². The van der Waals surface area contributed by atoms with Crippen molar-refractivity contribution >= 4 is 12.0 Å². The zero-order valence-electron chi connectivity index (χ0n) is 12.8. The molecule has 1 amide bonds. The molecule has 1 aromatic rings. The van der Waals surface area contributed by atoms with Gasteiger partial charge in [-0.1, -0.05) is 0 Å². The number of ether oxygens (including phenoxy) is 1. The van der Waals surface area contributed by atoms with E-state index in [2.05, 4.69) is 9.97 Å². The number of hydrogen-bond acceptors (Lipinski definition) is 5. The molecule has 21 heavy (non-hydrogen) atoms. The molecule has 0 spiro atoms. The van der Waals surface area contributed by atoms with Crippen LogP contribution in [0, 0.1) is 5.82 Å². The Balaban J connectivity index is 1.95. The number of likely N-dealkylation sites (N-methyl/N-ethyl adjacent to an activating group) is 1. The van der Waals surface area contributed by atoms with Crippen molar-refractivity contribution in [2.45, 2.75) is 38.8 Å². The van der Waals surface area contributed by atoms with Gasteiger partial charge in [0.2, 0.25) is 5.95 Å². The molecule has 2 rings (SSSR count). The predicted molar refractivity (Wildman–Crippen MR) is 76.6 cm³/mol. The fourth-order valence-electron chi connectivity index (χ4n) is 2.20. The summed E-state index contributed by atoms with van der Waals surface area (Å²) >= 11 is 0. The summed E-state index contributed by atoms with van der Waals surface area (Å²) in [6.07, 6.45) is 2.77. The predicted octanol–water partition coefficient (Wildman–Crippen LogP) is 2.06. The van der Waals surface area contributed by atoms with Gasteiger partial charge in [0.25, 0.3) is 0 Å². The molecule has 0 bridgehead atoms. The molecule has 2 heterocycles. The third-order valence-electron chi connectivity index (χ3n) is 3.28. The van der Waals surface area contributed by atoms with Crippen LogP contribution in [0.3, 0.4) is 0 Å². The lowest BCUT2D eigenvalue weighted by Gasteiger charge is -2.26. The van der Waals surface area contributed by atoms with Gasteiger partial charge in [0.05, 0.1) is 18.4 Å². The molecule has 1 aliphatic rings. The van der Waals surface area contributed by atoms with Crippen molar-refractivity contribution in [2.24, 2.45) is 0 Å². The van der Waals surface area contributed by atoms with Gasteiger partial charge in [-0.05, 0) is 27.2 Å². The van der Waals surface area contributed by atoms with Crippen molar-refractivity contribution in [1.82, 2.24) is 14.9 Å². The first-order chi connectivity index (χ1) is 9.76. The maximum atomic E-state index is 12.8. The zero-order chi connectivity index (χ0) is 15.6. The number of carbonyl (C=O) groups excluding carboxylic acids is 1.